The first-order valence-electron chi connectivity index (χ1n) is 9.50. The van der Waals surface area contributed by atoms with E-state index in [9.17, 15) is 9.59 Å². The average Bonchev–Trinajstić information content (AvgIpc) is 2.83. The molecule has 1 aliphatic carbocycles. The van der Waals surface area contributed by atoms with Crippen molar-refractivity contribution in [1.82, 2.24) is 0 Å². The second kappa shape index (κ2) is 8.57. The molecule has 1 atom stereocenters. The summed E-state index contributed by atoms with van der Waals surface area (Å²) in [6.07, 6.45) is 5.36. The van der Waals surface area contributed by atoms with Crippen molar-refractivity contribution in [2.24, 2.45) is 5.73 Å². The summed E-state index contributed by atoms with van der Waals surface area (Å²) in [5.74, 6) is -0.117. The van der Waals surface area contributed by atoms with Gasteiger partial charge in [0, 0.05) is 4.88 Å². The zero-order valence-electron chi connectivity index (χ0n) is 15.8. The molecule has 0 saturated carbocycles. The van der Waals surface area contributed by atoms with Gasteiger partial charge >= 0.3 is 0 Å². The Balaban J connectivity index is 1.73. The quantitative estimate of drug-likeness (QED) is 0.734. The van der Waals surface area contributed by atoms with Crippen molar-refractivity contribution in [1.29, 1.82) is 0 Å². The maximum absolute atomic E-state index is 12.6. The van der Waals surface area contributed by atoms with Crippen molar-refractivity contribution >= 4 is 28.2 Å². The lowest BCUT2D eigenvalue weighted by Crippen LogP contribution is -2.30. The van der Waals surface area contributed by atoms with E-state index in [1.54, 1.807) is 6.92 Å². The second-order valence-electron chi connectivity index (χ2n) is 6.88. The Bertz CT molecular complexity index is 827. The van der Waals surface area contributed by atoms with E-state index < -0.39 is 12.0 Å². The maximum Gasteiger partial charge on any atom is 0.265 e. The number of hydrogen-bond donors (Lipinski definition) is 2. The van der Waals surface area contributed by atoms with Crippen LogP contribution in [0.4, 0.5) is 5.00 Å². The number of ether oxygens (including phenoxy) is 1. The molecular formula is C21H26N2O3S. The molecular weight excluding hydrogens is 360 g/mol. The van der Waals surface area contributed by atoms with Crippen molar-refractivity contribution in [2.45, 2.75) is 58.5 Å². The summed E-state index contributed by atoms with van der Waals surface area (Å²) in [5.41, 5.74) is 8.33. The Morgan fingerprint density at radius 2 is 1.89 bits per heavy atom. The molecule has 27 heavy (non-hydrogen) atoms. The maximum atomic E-state index is 12.6. The van der Waals surface area contributed by atoms with Gasteiger partial charge in [0.25, 0.3) is 11.8 Å². The number of carbonyl (C=O) groups excluding carboxylic acids is 2. The molecule has 6 heteroatoms. The SMILES string of the molecule is CCc1ccc(O[C@@H](C)C(=O)Nc2sc3c(c2C(N)=O)CCCCC3)cc1. The summed E-state index contributed by atoms with van der Waals surface area (Å²) in [6, 6.07) is 7.71. The zero-order chi connectivity index (χ0) is 19.4. The van der Waals surface area contributed by atoms with Gasteiger partial charge in [-0.1, -0.05) is 25.5 Å². The molecule has 0 fully saturated rings. The highest BCUT2D eigenvalue weighted by atomic mass is 32.1. The fourth-order valence-corrected chi connectivity index (χ4v) is 4.66. The van der Waals surface area contributed by atoms with Gasteiger partial charge in [0.05, 0.1) is 5.56 Å². The van der Waals surface area contributed by atoms with Crippen LogP contribution in [0.25, 0.3) is 0 Å². The van der Waals surface area contributed by atoms with Gasteiger partial charge in [-0.3, -0.25) is 9.59 Å². The van der Waals surface area contributed by atoms with Gasteiger partial charge in [-0.15, -0.1) is 11.3 Å². The first-order valence-corrected chi connectivity index (χ1v) is 10.3. The minimum atomic E-state index is -0.680. The third-order valence-electron chi connectivity index (χ3n) is 4.92. The van der Waals surface area contributed by atoms with E-state index in [0.29, 0.717) is 16.3 Å². The highest BCUT2D eigenvalue weighted by molar-refractivity contribution is 7.17. The molecule has 144 valence electrons. The Morgan fingerprint density at radius 3 is 2.56 bits per heavy atom. The Hall–Kier alpha value is -2.34. The molecule has 0 bridgehead atoms. The van der Waals surface area contributed by atoms with Crippen molar-refractivity contribution in [3.8, 4) is 5.75 Å². The minimum absolute atomic E-state index is 0.284. The molecule has 3 rings (SSSR count). The fraction of sp³-hybridized carbons (Fsp3) is 0.429. The van der Waals surface area contributed by atoms with Crippen LogP contribution in [0, 0.1) is 0 Å². The summed E-state index contributed by atoms with van der Waals surface area (Å²) < 4.78 is 5.75. The molecule has 1 aliphatic rings. The summed E-state index contributed by atoms with van der Waals surface area (Å²) in [4.78, 5) is 25.8. The number of anilines is 1. The molecule has 1 aromatic carbocycles. The van der Waals surface area contributed by atoms with Crippen LogP contribution in [0.15, 0.2) is 24.3 Å². The number of hydrogen-bond acceptors (Lipinski definition) is 4. The second-order valence-corrected chi connectivity index (χ2v) is 7.98. The standard InChI is InChI=1S/C21H26N2O3S/c1-3-14-9-11-15(12-10-14)26-13(2)20(25)23-21-18(19(22)24)16-7-5-4-6-8-17(16)27-21/h9-13H,3-8H2,1-2H3,(H2,22,24)(H,23,25)/t13-/m0/s1. The monoisotopic (exact) mass is 386 g/mol. The van der Waals surface area contributed by atoms with Crippen molar-refractivity contribution in [3.63, 3.8) is 0 Å². The Morgan fingerprint density at radius 1 is 1.19 bits per heavy atom. The zero-order valence-corrected chi connectivity index (χ0v) is 16.7. The number of rotatable bonds is 6. The molecule has 0 radical (unpaired) electrons. The molecule has 1 heterocycles. The van der Waals surface area contributed by atoms with Crippen LogP contribution in [0.3, 0.4) is 0 Å². The molecule has 0 aliphatic heterocycles. The van der Waals surface area contributed by atoms with Crippen molar-refractivity contribution in [3.05, 3.63) is 45.8 Å². The third kappa shape index (κ3) is 4.50. The average molecular weight is 387 g/mol. The van der Waals surface area contributed by atoms with Crippen molar-refractivity contribution < 1.29 is 14.3 Å². The van der Waals surface area contributed by atoms with Crippen LogP contribution in [-0.2, 0) is 24.1 Å². The normalized spacial score (nSPS) is 14.7. The van der Waals surface area contributed by atoms with E-state index >= 15 is 0 Å². The largest absolute Gasteiger partial charge is 0.481 e. The van der Waals surface area contributed by atoms with Gasteiger partial charge in [0.15, 0.2) is 6.10 Å². The molecule has 2 amide bonds. The lowest BCUT2D eigenvalue weighted by Gasteiger charge is -2.15. The third-order valence-corrected chi connectivity index (χ3v) is 6.13. The van der Waals surface area contributed by atoms with Gasteiger partial charge in [-0.05, 0) is 62.3 Å². The number of nitrogens with one attached hydrogen (secondary N) is 1. The molecule has 0 unspecified atom stereocenters. The molecule has 5 nitrogen and oxygen atoms in total. The summed E-state index contributed by atoms with van der Waals surface area (Å²) in [7, 11) is 0. The fourth-order valence-electron chi connectivity index (χ4n) is 3.37. The smallest absolute Gasteiger partial charge is 0.265 e. The van der Waals surface area contributed by atoms with Gasteiger partial charge in [-0.25, -0.2) is 0 Å². The van der Waals surface area contributed by atoms with E-state index in [-0.39, 0.29) is 5.91 Å². The Kier molecular flexibility index (Phi) is 6.16. The Labute approximate surface area is 163 Å². The molecule has 0 spiro atoms. The predicted molar refractivity (Wildman–Crippen MR) is 109 cm³/mol. The number of thiophene rings is 1. The number of carbonyl (C=O) groups is 2. The number of primary amides is 1. The number of aryl methyl sites for hydroxylation is 2. The number of nitrogens with two attached hydrogens (primary N) is 1. The van der Waals surface area contributed by atoms with Gasteiger partial charge in [0.2, 0.25) is 0 Å². The lowest BCUT2D eigenvalue weighted by atomic mass is 10.1. The van der Waals surface area contributed by atoms with Crippen LogP contribution in [-0.4, -0.2) is 17.9 Å². The van der Waals surface area contributed by atoms with Gasteiger partial charge in [0.1, 0.15) is 10.8 Å². The first kappa shape index (κ1) is 19.4. The van der Waals surface area contributed by atoms with Crippen LogP contribution in [0.5, 0.6) is 5.75 Å². The molecule has 2 aromatic rings. The lowest BCUT2D eigenvalue weighted by molar-refractivity contribution is -0.122. The first-order chi connectivity index (χ1) is 13.0. The van der Waals surface area contributed by atoms with E-state index in [2.05, 4.69) is 12.2 Å². The summed E-state index contributed by atoms with van der Waals surface area (Å²) in [5, 5.41) is 3.42. The van der Waals surface area contributed by atoms with Crippen molar-refractivity contribution in [2.75, 3.05) is 5.32 Å². The summed E-state index contributed by atoms with van der Waals surface area (Å²) >= 11 is 1.47. The topological polar surface area (TPSA) is 81.4 Å². The van der Waals surface area contributed by atoms with Crippen LogP contribution >= 0.6 is 11.3 Å². The van der Waals surface area contributed by atoms with E-state index in [1.807, 2.05) is 24.3 Å². The van der Waals surface area contributed by atoms with E-state index in [0.717, 1.165) is 44.1 Å². The van der Waals surface area contributed by atoms with E-state index in [4.69, 9.17) is 10.5 Å². The van der Waals surface area contributed by atoms with Crippen LogP contribution in [0.1, 0.15) is 59.5 Å². The summed E-state index contributed by atoms with van der Waals surface area (Å²) in [6.45, 7) is 3.79. The van der Waals surface area contributed by atoms with Gasteiger partial charge in [-0.2, -0.15) is 0 Å². The van der Waals surface area contributed by atoms with Crippen LogP contribution in [0.2, 0.25) is 0 Å². The van der Waals surface area contributed by atoms with Gasteiger partial charge < -0.3 is 15.8 Å². The predicted octanol–water partition coefficient (Wildman–Crippen LogP) is 4.08. The number of fused-ring (bicyclic) bond motifs is 1. The highest BCUT2D eigenvalue weighted by Gasteiger charge is 2.25. The van der Waals surface area contributed by atoms with E-state index in [1.165, 1.54) is 21.8 Å². The number of amides is 2. The molecule has 0 saturated heterocycles. The highest BCUT2D eigenvalue weighted by Crippen LogP contribution is 2.37. The van der Waals surface area contributed by atoms with Crippen LogP contribution < -0.4 is 15.8 Å². The molecule has 1 aromatic heterocycles. The minimum Gasteiger partial charge on any atom is -0.481 e. The molecule has 3 N–H and O–H groups in total. The number of benzene rings is 1.